The fraction of sp³-hybridized carbons (Fsp3) is 0.412. The van der Waals surface area contributed by atoms with Crippen LogP contribution in [0.15, 0.2) is 24.3 Å². The molecule has 1 aromatic carbocycles. The van der Waals surface area contributed by atoms with Crippen LogP contribution >= 0.6 is 0 Å². The van der Waals surface area contributed by atoms with Crippen LogP contribution in [0.3, 0.4) is 0 Å². The first-order chi connectivity index (χ1) is 10.5. The van der Waals surface area contributed by atoms with Gasteiger partial charge in [-0.25, -0.2) is 0 Å². The Bertz CT molecular complexity index is 677. The maximum atomic E-state index is 12.7. The molecule has 0 saturated carbocycles. The number of carbonyl (C=O) groups is 1. The first-order valence-corrected chi connectivity index (χ1v) is 7.42. The molecule has 2 rings (SSSR count). The van der Waals surface area contributed by atoms with Gasteiger partial charge in [0, 0.05) is 31.9 Å². The Morgan fingerprint density at radius 2 is 2.00 bits per heavy atom. The van der Waals surface area contributed by atoms with E-state index in [-0.39, 0.29) is 5.91 Å². The van der Waals surface area contributed by atoms with E-state index in [2.05, 4.69) is 5.10 Å². The van der Waals surface area contributed by atoms with Crippen LogP contribution in [0.2, 0.25) is 0 Å². The first kappa shape index (κ1) is 16.1. The van der Waals surface area contributed by atoms with Gasteiger partial charge in [-0.05, 0) is 32.9 Å². The van der Waals surface area contributed by atoms with Crippen LogP contribution in [0.4, 0.5) is 0 Å². The fourth-order valence-corrected chi connectivity index (χ4v) is 2.49. The Morgan fingerprint density at radius 3 is 2.59 bits per heavy atom. The third-order valence-corrected chi connectivity index (χ3v) is 3.82. The predicted molar refractivity (Wildman–Crippen MR) is 86.1 cm³/mol. The molecule has 0 aliphatic rings. The Labute approximate surface area is 131 Å². The van der Waals surface area contributed by atoms with E-state index in [0.717, 1.165) is 17.0 Å². The predicted octanol–water partition coefficient (Wildman–Crippen LogP) is 2.71. The molecule has 0 unspecified atom stereocenters. The lowest BCUT2D eigenvalue weighted by Crippen LogP contribution is -2.27. The zero-order valence-electron chi connectivity index (χ0n) is 13.9. The second-order valence-corrected chi connectivity index (χ2v) is 5.36. The minimum absolute atomic E-state index is 0.0493. The summed E-state index contributed by atoms with van der Waals surface area (Å²) in [6.45, 7) is 6.96. The number of para-hydroxylation sites is 1. The summed E-state index contributed by atoms with van der Waals surface area (Å²) >= 11 is 0. The van der Waals surface area contributed by atoms with E-state index in [0.29, 0.717) is 24.5 Å². The van der Waals surface area contributed by atoms with E-state index < -0.39 is 0 Å². The SMILES string of the molecule is CCOc1ccccc1C(=O)N(C)Cc1c(C)nn(C)c1C. The first-order valence-electron chi connectivity index (χ1n) is 7.42. The van der Waals surface area contributed by atoms with Gasteiger partial charge in [0.2, 0.25) is 0 Å². The topological polar surface area (TPSA) is 47.4 Å². The maximum Gasteiger partial charge on any atom is 0.257 e. The molecule has 5 heteroatoms. The van der Waals surface area contributed by atoms with Gasteiger partial charge in [0.05, 0.1) is 17.9 Å². The lowest BCUT2D eigenvalue weighted by molar-refractivity contribution is 0.0780. The van der Waals surface area contributed by atoms with Crippen LogP contribution in [0.5, 0.6) is 5.75 Å². The van der Waals surface area contributed by atoms with Gasteiger partial charge in [0.15, 0.2) is 0 Å². The molecule has 0 fully saturated rings. The number of hydrogen-bond acceptors (Lipinski definition) is 3. The molecule has 22 heavy (non-hydrogen) atoms. The third kappa shape index (κ3) is 3.13. The van der Waals surface area contributed by atoms with Crippen molar-refractivity contribution in [2.45, 2.75) is 27.3 Å². The highest BCUT2D eigenvalue weighted by molar-refractivity contribution is 5.96. The van der Waals surface area contributed by atoms with Crippen molar-refractivity contribution in [3.8, 4) is 5.75 Å². The lowest BCUT2D eigenvalue weighted by atomic mass is 10.1. The van der Waals surface area contributed by atoms with Crippen molar-refractivity contribution in [1.29, 1.82) is 0 Å². The molecule has 0 spiro atoms. The summed E-state index contributed by atoms with van der Waals surface area (Å²) in [4.78, 5) is 14.4. The number of rotatable bonds is 5. The Kier molecular flexibility index (Phi) is 4.85. The van der Waals surface area contributed by atoms with E-state index >= 15 is 0 Å². The van der Waals surface area contributed by atoms with Crippen LogP contribution in [0.25, 0.3) is 0 Å². The fourth-order valence-electron chi connectivity index (χ4n) is 2.49. The lowest BCUT2D eigenvalue weighted by Gasteiger charge is -2.19. The molecule has 118 valence electrons. The molecule has 0 saturated heterocycles. The molecule has 0 aliphatic heterocycles. The van der Waals surface area contributed by atoms with Gasteiger partial charge in [-0.1, -0.05) is 12.1 Å². The zero-order chi connectivity index (χ0) is 16.3. The molecule has 1 aromatic heterocycles. The van der Waals surface area contributed by atoms with Crippen LogP contribution in [-0.2, 0) is 13.6 Å². The molecular weight excluding hydrogens is 278 g/mol. The van der Waals surface area contributed by atoms with Crippen LogP contribution < -0.4 is 4.74 Å². The zero-order valence-corrected chi connectivity index (χ0v) is 13.9. The van der Waals surface area contributed by atoms with Crippen molar-refractivity contribution in [1.82, 2.24) is 14.7 Å². The van der Waals surface area contributed by atoms with Gasteiger partial charge < -0.3 is 9.64 Å². The molecule has 5 nitrogen and oxygen atoms in total. The quantitative estimate of drug-likeness (QED) is 0.853. The third-order valence-electron chi connectivity index (χ3n) is 3.82. The molecule has 0 atom stereocenters. The molecule has 0 N–H and O–H groups in total. The van der Waals surface area contributed by atoms with E-state index in [1.165, 1.54) is 0 Å². The molecule has 0 radical (unpaired) electrons. The summed E-state index contributed by atoms with van der Waals surface area (Å²) in [5, 5.41) is 4.40. The number of nitrogens with zero attached hydrogens (tertiary/aromatic N) is 3. The van der Waals surface area contributed by atoms with E-state index in [1.807, 2.05) is 50.7 Å². The van der Waals surface area contributed by atoms with Crippen molar-refractivity contribution in [3.05, 3.63) is 46.8 Å². The van der Waals surface area contributed by atoms with Gasteiger partial charge >= 0.3 is 0 Å². The van der Waals surface area contributed by atoms with Crippen LogP contribution in [-0.4, -0.2) is 34.2 Å². The van der Waals surface area contributed by atoms with Crippen molar-refractivity contribution >= 4 is 5.91 Å². The van der Waals surface area contributed by atoms with E-state index in [9.17, 15) is 4.79 Å². The highest BCUT2D eigenvalue weighted by Crippen LogP contribution is 2.21. The summed E-state index contributed by atoms with van der Waals surface area (Å²) in [6.07, 6.45) is 0. The van der Waals surface area contributed by atoms with Gasteiger partial charge in [-0.15, -0.1) is 0 Å². The number of benzene rings is 1. The van der Waals surface area contributed by atoms with Crippen molar-refractivity contribution in [3.63, 3.8) is 0 Å². The monoisotopic (exact) mass is 301 g/mol. The molecule has 2 aromatic rings. The molecule has 0 aliphatic carbocycles. The standard InChI is InChI=1S/C17H23N3O2/c1-6-22-16-10-8-7-9-14(16)17(21)19(4)11-15-12(2)18-20(5)13(15)3/h7-10H,6,11H2,1-5H3. The minimum atomic E-state index is -0.0493. The van der Waals surface area contributed by atoms with Crippen LogP contribution in [0, 0.1) is 13.8 Å². The largest absolute Gasteiger partial charge is 0.493 e. The van der Waals surface area contributed by atoms with Gasteiger partial charge in [0.25, 0.3) is 5.91 Å². The number of aryl methyl sites for hydroxylation is 2. The van der Waals surface area contributed by atoms with Gasteiger partial charge in [-0.3, -0.25) is 9.48 Å². The Balaban J connectivity index is 2.23. The highest BCUT2D eigenvalue weighted by atomic mass is 16.5. The summed E-state index contributed by atoms with van der Waals surface area (Å²) < 4.78 is 7.39. The number of hydrogen-bond donors (Lipinski definition) is 0. The van der Waals surface area contributed by atoms with Gasteiger partial charge in [-0.2, -0.15) is 5.10 Å². The number of aromatic nitrogens is 2. The maximum absolute atomic E-state index is 12.7. The normalized spacial score (nSPS) is 10.6. The summed E-state index contributed by atoms with van der Waals surface area (Å²) in [7, 11) is 3.72. The summed E-state index contributed by atoms with van der Waals surface area (Å²) in [5.74, 6) is 0.577. The molecule has 1 heterocycles. The number of amides is 1. The smallest absolute Gasteiger partial charge is 0.257 e. The van der Waals surface area contributed by atoms with Crippen molar-refractivity contribution < 1.29 is 9.53 Å². The minimum Gasteiger partial charge on any atom is -0.493 e. The second kappa shape index (κ2) is 6.64. The second-order valence-electron chi connectivity index (χ2n) is 5.36. The average molecular weight is 301 g/mol. The van der Waals surface area contributed by atoms with Crippen LogP contribution in [0.1, 0.15) is 34.2 Å². The summed E-state index contributed by atoms with van der Waals surface area (Å²) in [5.41, 5.74) is 3.71. The Hall–Kier alpha value is -2.30. The summed E-state index contributed by atoms with van der Waals surface area (Å²) in [6, 6.07) is 7.35. The molecule has 0 bridgehead atoms. The average Bonchev–Trinajstić information content (AvgIpc) is 2.74. The van der Waals surface area contributed by atoms with E-state index in [1.54, 1.807) is 18.0 Å². The van der Waals surface area contributed by atoms with Gasteiger partial charge in [0.1, 0.15) is 5.75 Å². The van der Waals surface area contributed by atoms with Crippen molar-refractivity contribution in [2.24, 2.45) is 7.05 Å². The Morgan fingerprint density at radius 1 is 1.32 bits per heavy atom. The molecular formula is C17H23N3O2. The molecule has 1 amide bonds. The van der Waals surface area contributed by atoms with E-state index in [4.69, 9.17) is 4.74 Å². The van der Waals surface area contributed by atoms with Crippen molar-refractivity contribution in [2.75, 3.05) is 13.7 Å². The number of ether oxygens (including phenoxy) is 1. The number of carbonyl (C=O) groups excluding carboxylic acids is 1. The highest BCUT2D eigenvalue weighted by Gasteiger charge is 2.19.